The SMILES string of the molecule is O=C(COc1ccc(Br)cc1)NNC(=O)c1cc(Br)ccc1OCCc1ccccc1. The second-order valence-corrected chi connectivity index (χ2v) is 8.30. The van der Waals surface area contributed by atoms with Crippen LogP contribution in [0.5, 0.6) is 11.5 Å². The molecule has 0 aliphatic rings. The largest absolute Gasteiger partial charge is 0.492 e. The van der Waals surface area contributed by atoms with Crippen LogP contribution in [-0.4, -0.2) is 25.0 Å². The predicted molar refractivity (Wildman–Crippen MR) is 125 cm³/mol. The van der Waals surface area contributed by atoms with E-state index < -0.39 is 11.8 Å². The highest BCUT2D eigenvalue weighted by molar-refractivity contribution is 9.10. The number of amides is 2. The van der Waals surface area contributed by atoms with Crippen LogP contribution < -0.4 is 20.3 Å². The number of hydrogen-bond acceptors (Lipinski definition) is 4. The molecule has 0 bridgehead atoms. The van der Waals surface area contributed by atoms with E-state index >= 15 is 0 Å². The van der Waals surface area contributed by atoms with E-state index in [0.29, 0.717) is 30.1 Å². The van der Waals surface area contributed by atoms with Crippen LogP contribution in [0.4, 0.5) is 0 Å². The minimum Gasteiger partial charge on any atom is -0.492 e. The van der Waals surface area contributed by atoms with Gasteiger partial charge in [-0.15, -0.1) is 0 Å². The van der Waals surface area contributed by atoms with Crippen molar-refractivity contribution in [3.63, 3.8) is 0 Å². The van der Waals surface area contributed by atoms with Gasteiger partial charge < -0.3 is 9.47 Å². The van der Waals surface area contributed by atoms with Crippen LogP contribution in [0.25, 0.3) is 0 Å². The molecule has 0 spiro atoms. The Labute approximate surface area is 197 Å². The van der Waals surface area contributed by atoms with Crippen molar-refractivity contribution < 1.29 is 19.1 Å². The number of rotatable bonds is 8. The number of ether oxygens (including phenoxy) is 2. The topological polar surface area (TPSA) is 76.7 Å². The molecule has 0 heterocycles. The van der Waals surface area contributed by atoms with Gasteiger partial charge in [-0.25, -0.2) is 0 Å². The van der Waals surface area contributed by atoms with Gasteiger partial charge >= 0.3 is 0 Å². The minimum atomic E-state index is -0.493. The Balaban J connectivity index is 1.52. The van der Waals surface area contributed by atoms with Crippen molar-refractivity contribution in [2.75, 3.05) is 13.2 Å². The molecule has 3 aromatic carbocycles. The van der Waals surface area contributed by atoms with Crippen molar-refractivity contribution in [1.82, 2.24) is 10.9 Å². The molecule has 3 rings (SSSR count). The molecule has 0 atom stereocenters. The Morgan fingerprint density at radius 3 is 2.26 bits per heavy atom. The third-order valence-electron chi connectivity index (χ3n) is 4.18. The van der Waals surface area contributed by atoms with E-state index in [1.807, 2.05) is 42.5 Å². The summed E-state index contributed by atoms with van der Waals surface area (Å²) in [4.78, 5) is 24.6. The van der Waals surface area contributed by atoms with Gasteiger partial charge in [-0.05, 0) is 48.0 Å². The van der Waals surface area contributed by atoms with Crippen molar-refractivity contribution in [2.45, 2.75) is 6.42 Å². The fourth-order valence-electron chi connectivity index (χ4n) is 2.64. The van der Waals surface area contributed by atoms with Gasteiger partial charge in [0.25, 0.3) is 11.8 Å². The Hall–Kier alpha value is -2.84. The highest BCUT2D eigenvalue weighted by Crippen LogP contribution is 2.23. The summed E-state index contributed by atoms with van der Waals surface area (Å²) >= 11 is 6.69. The van der Waals surface area contributed by atoms with E-state index in [-0.39, 0.29) is 6.61 Å². The standard InChI is InChI=1S/C23H20Br2N2O4/c24-17-6-9-19(10-7-17)31-15-22(28)26-27-23(29)20-14-18(25)8-11-21(20)30-13-12-16-4-2-1-3-5-16/h1-11,14H,12-13,15H2,(H,26,28)(H,27,29). The van der Waals surface area contributed by atoms with E-state index in [9.17, 15) is 9.59 Å². The fraction of sp³-hybridized carbons (Fsp3) is 0.130. The lowest BCUT2D eigenvalue weighted by atomic mass is 10.1. The number of hydrazine groups is 1. The zero-order chi connectivity index (χ0) is 22.1. The number of hydrogen-bond donors (Lipinski definition) is 2. The average Bonchev–Trinajstić information content (AvgIpc) is 2.78. The number of carbonyl (C=O) groups excluding carboxylic acids is 2. The molecule has 2 N–H and O–H groups in total. The van der Waals surface area contributed by atoms with Crippen molar-refractivity contribution in [1.29, 1.82) is 0 Å². The first-order valence-corrected chi connectivity index (χ1v) is 11.0. The third-order valence-corrected chi connectivity index (χ3v) is 5.20. The number of nitrogens with one attached hydrogen (secondary N) is 2. The second-order valence-electron chi connectivity index (χ2n) is 6.47. The summed E-state index contributed by atoms with van der Waals surface area (Å²) in [7, 11) is 0. The molecule has 2 amide bonds. The number of benzene rings is 3. The quantitative estimate of drug-likeness (QED) is 0.402. The normalized spacial score (nSPS) is 10.3. The molecule has 0 aromatic heterocycles. The van der Waals surface area contributed by atoms with Crippen molar-refractivity contribution in [3.8, 4) is 11.5 Å². The molecule has 0 fully saturated rings. The number of carbonyl (C=O) groups is 2. The van der Waals surface area contributed by atoms with Gasteiger partial charge in [0.05, 0.1) is 12.2 Å². The minimum absolute atomic E-state index is 0.235. The fourth-order valence-corrected chi connectivity index (χ4v) is 3.26. The van der Waals surface area contributed by atoms with E-state index in [4.69, 9.17) is 9.47 Å². The van der Waals surface area contributed by atoms with Gasteiger partial charge in [-0.2, -0.15) is 0 Å². The van der Waals surface area contributed by atoms with Crippen LogP contribution in [0.15, 0.2) is 81.7 Å². The van der Waals surface area contributed by atoms with Gasteiger partial charge in [0.15, 0.2) is 6.61 Å². The van der Waals surface area contributed by atoms with Crippen molar-refractivity contribution in [3.05, 3.63) is 92.9 Å². The first-order valence-electron chi connectivity index (χ1n) is 9.45. The van der Waals surface area contributed by atoms with E-state index in [0.717, 1.165) is 14.5 Å². The summed E-state index contributed by atoms with van der Waals surface area (Å²) in [6.45, 7) is 0.181. The lowest BCUT2D eigenvalue weighted by Crippen LogP contribution is -2.44. The molecule has 0 radical (unpaired) electrons. The van der Waals surface area contributed by atoms with Crippen LogP contribution >= 0.6 is 31.9 Å². The summed E-state index contributed by atoms with van der Waals surface area (Å²) in [6.07, 6.45) is 0.710. The summed E-state index contributed by atoms with van der Waals surface area (Å²) in [5.74, 6) is -0.00595. The Kier molecular flexibility index (Phi) is 8.49. The first-order chi connectivity index (χ1) is 15.0. The molecule has 31 heavy (non-hydrogen) atoms. The highest BCUT2D eigenvalue weighted by Gasteiger charge is 2.15. The van der Waals surface area contributed by atoms with Gasteiger partial charge in [-0.3, -0.25) is 20.4 Å². The lowest BCUT2D eigenvalue weighted by Gasteiger charge is -2.13. The lowest BCUT2D eigenvalue weighted by molar-refractivity contribution is -0.123. The van der Waals surface area contributed by atoms with Crippen molar-refractivity contribution >= 4 is 43.7 Å². The number of halogens is 2. The summed E-state index contributed by atoms with van der Waals surface area (Å²) < 4.78 is 12.8. The maximum Gasteiger partial charge on any atom is 0.276 e. The zero-order valence-electron chi connectivity index (χ0n) is 16.4. The van der Waals surface area contributed by atoms with Gasteiger partial charge in [0, 0.05) is 15.4 Å². The molecule has 0 unspecified atom stereocenters. The molecule has 160 valence electrons. The van der Waals surface area contributed by atoms with Gasteiger partial charge in [-0.1, -0.05) is 62.2 Å². The summed E-state index contributed by atoms with van der Waals surface area (Å²) in [6, 6.07) is 22.2. The molecular weight excluding hydrogens is 528 g/mol. The summed E-state index contributed by atoms with van der Waals surface area (Å²) in [5.41, 5.74) is 6.19. The third kappa shape index (κ3) is 7.41. The van der Waals surface area contributed by atoms with Gasteiger partial charge in [0.2, 0.25) is 0 Å². The van der Waals surface area contributed by atoms with Gasteiger partial charge in [0.1, 0.15) is 11.5 Å². The Bertz CT molecular complexity index is 1030. The maximum absolute atomic E-state index is 12.6. The van der Waals surface area contributed by atoms with Crippen LogP contribution in [0.1, 0.15) is 15.9 Å². The molecule has 8 heteroatoms. The smallest absolute Gasteiger partial charge is 0.276 e. The van der Waals surface area contributed by atoms with Crippen LogP contribution in [-0.2, 0) is 11.2 Å². The monoisotopic (exact) mass is 546 g/mol. The molecule has 0 saturated carbocycles. The zero-order valence-corrected chi connectivity index (χ0v) is 19.6. The second kappa shape index (κ2) is 11.5. The first kappa shape index (κ1) is 22.8. The molecule has 3 aromatic rings. The highest BCUT2D eigenvalue weighted by atomic mass is 79.9. The van der Waals surface area contributed by atoms with Crippen LogP contribution in [0, 0.1) is 0 Å². The molecule has 0 aliphatic heterocycles. The molecule has 6 nitrogen and oxygen atoms in total. The van der Waals surface area contributed by atoms with E-state index in [1.165, 1.54) is 0 Å². The van der Waals surface area contributed by atoms with E-state index in [2.05, 4.69) is 42.7 Å². The molecular formula is C23H20Br2N2O4. The van der Waals surface area contributed by atoms with Crippen molar-refractivity contribution in [2.24, 2.45) is 0 Å². The Morgan fingerprint density at radius 1 is 0.806 bits per heavy atom. The molecule has 0 aliphatic carbocycles. The predicted octanol–water partition coefficient (Wildman–Crippen LogP) is 4.67. The average molecular weight is 548 g/mol. The van der Waals surface area contributed by atoms with E-state index in [1.54, 1.807) is 30.3 Å². The van der Waals surface area contributed by atoms with Crippen LogP contribution in [0.2, 0.25) is 0 Å². The maximum atomic E-state index is 12.6. The molecule has 0 saturated heterocycles. The Morgan fingerprint density at radius 2 is 1.52 bits per heavy atom. The van der Waals surface area contributed by atoms with Crippen LogP contribution in [0.3, 0.4) is 0 Å². The summed E-state index contributed by atoms with van der Waals surface area (Å²) in [5, 5.41) is 0.